The topological polar surface area (TPSA) is 18.5 Å². The van der Waals surface area contributed by atoms with Crippen molar-refractivity contribution in [2.24, 2.45) is 11.8 Å². The van der Waals surface area contributed by atoms with E-state index in [9.17, 15) is 0 Å². The van der Waals surface area contributed by atoms with Crippen LogP contribution in [-0.2, 0) is 9.31 Å². The van der Waals surface area contributed by atoms with Crippen molar-refractivity contribution >= 4 is 7.12 Å². The van der Waals surface area contributed by atoms with E-state index in [1.165, 1.54) is 51.4 Å². The molecule has 2 nitrogen and oxygen atoms in total. The molecule has 3 rings (SSSR count). The average molecular weight is 248 g/mol. The zero-order valence-electron chi connectivity index (χ0n) is 11.4. The molecule has 0 aromatic heterocycles. The summed E-state index contributed by atoms with van der Waals surface area (Å²) in [6, 6.07) is 0. The second kappa shape index (κ2) is 5.79. The van der Waals surface area contributed by atoms with Crippen molar-refractivity contribution in [2.45, 2.75) is 69.9 Å². The summed E-state index contributed by atoms with van der Waals surface area (Å²) >= 11 is 0. The molecule has 2 saturated carbocycles. The van der Waals surface area contributed by atoms with Gasteiger partial charge in [-0.3, -0.25) is 0 Å². The van der Waals surface area contributed by atoms with Gasteiger partial charge in [-0.2, -0.15) is 0 Å². The second-order valence-corrected chi connectivity index (χ2v) is 6.24. The molecule has 1 heterocycles. The Bertz CT molecular complexity index is 258. The van der Waals surface area contributed by atoms with E-state index >= 15 is 0 Å². The average Bonchev–Trinajstić information content (AvgIpc) is 3.11. The van der Waals surface area contributed by atoms with Crippen molar-refractivity contribution in [3.8, 4) is 0 Å². The van der Waals surface area contributed by atoms with E-state index in [-0.39, 0.29) is 7.12 Å². The minimum Gasteiger partial charge on any atom is -0.405 e. The molecule has 0 amide bonds. The summed E-state index contributed by atoms with van der Waals surface area (Å²) in [5.41, 5.74) is 0. The van der Waals surface area contributed by atoms with Gasteiger partial charge < -0.3 is 9.31 Å². The number of hydrogen-bond donors (Lipinski definition) is 0. The maximum absolute atomic E-state index is 6.22. The van der Waals surface area contributed by atoms with Gasteiger partial charge in [0.1, 0.15) is 0 Å². The lowest BCUT2D eigenvalue weighted by atomic mass is 9.85. The second-order valence-electron chi connectivity index (χ2n) is 6.24. The molecular weight excluding hydrogens is 223 g/mol. The van der Waals surface area contributed by atoms with Crippen molar-refractivity contribution < 1.29 is 9.31 Å². The first-order valence-corrected chi connectivity index (χ1v) is 7.80. The van der Waals surface area contributed by atoms with E-state index in [0.717, 1.165) is 18.2 Å². The van der Waals surface area contributed by atoms with Crippen molar-refractivity contribution in [1.29, 1.82) is 0 Å². The predicted octanol–water partition coefficient (Wildman–Crippen LogP) is 3.83. The number of rotatable bonds is 4. The molecule has 0 N–H and O–H groups in total. The van der Waals surface area contributed by atoms with Crippen molar-refractivity contribution in [3.63, 3.8) is 0 Å². The van der Waals surface area contributed by atoms with E-state index in [1.807, 2.05) is 6.08 Å². The van der Waals surface area contributed by atoms with Gasteiger partial charge in [-0.1, -0.05) is 31.8 Å². The van der Waals surface area contributed by atoms with Crippen LogP contribution in [0.15, 0.2) is 12.7 Å². The van der Waals surface area contributed by atoms with E-state index in [0.29, 0.717) is 12.2 Å². The Balaban J connectivity index is 1.68. The first kappa shape index (κ1) is 12.7. The Kier molecular flexibility index (Phi) is 4.10. The highest BCUT2D eigenvalue weighted by Crippen LogP contribution is 2.41. The Morgan fingerprint density at radius 2 is 1.33 bits per heavy atom. The molecule has 1 saturated heterocycles. The normalized spacial score (nSPS) is 34.6. The summed E-state index contributed by atoms with van der Waals surface area (Å²) in [4.78, 5) is 0. The van der Waals surface area contributed by atoms with Gasteiger partial charge in [0.25, 0.3) is 0 Å². The lowest BCUT2D eigenvalue weighted by molar-refractivity contribution is 0.0621. The van der Waals surface area contributed by atoms with E-state index in [1.54, 1.807) is 0 Å². The van der Waals surface area contributed by atoms with Gasteiger partial charge in [0.2, 0.25) is 0 Å². The third-order valence-electron chi connectivity index (χ3n) is 5.03. The van der Waals surface area contributed by atoms with Gasteiger partial charge in [-0.15, -0.1) is 6.58 Å². The lowest BCUT2D eigenvalue weighted by Crippen LogP contribution is -2.34. The summed E-state index contributed by atoms with van der Waals surface area (Å²) < 4.78 is 12.4. The van der Waals surface area contributed by atoms with Gasteiger partial charge in [0.05, 0.1) is 12.2 Å². The summed E-state index contributed by atoms with van der Waals surface area (Å²) in [6.45, 7) is 3.81. The summed E-state index contributed by atoms with van der Waals surface area (Å²) in [5, 5.41) is 0. The Morgan fingerprint density at radius 1 is 0.889 bits per heavy atom. The summed E-state index contributed by atoms with van der Waals surface area (Å²) in [7, 11) is -0.0151. The van der Waals surface area contributed by atoms with Gasteiger partial charge in [-0.05, 0) is 37.5 Å². The highest BCUT2D eigenvalue weighted by molar-refractivity contribution is 6.45. The third-order valence-corrected chi connectivity index (χ3v) is 5.03. The molecule has 0 aromatic carbocycles. The van der Waals surface area contributed by atoms with Gasteiger partial charge in [-0.25, -0.2) is 0 Å². The molecule has 100 valence electrons. The highest BCUT2D eigenvalue weighted by atomic mass is 16.7. The minimum atomic E-state index is -0.0151. The molecule has 3 fully saturated rings. The van der Waals surface area contributed by atoms with E-state index in [4.69, 9.17) is 9.31 Å². The molecule has 2 atom stereocenters. The van der Waals surface area contributed by atoms with Crippen LogP contribution in [-0.4, -0.2) is 19.3 Å². The molecule has 0 bridgehead atoms. The maximum atomic E-state index is 6.22. The fraction of sp³-hybridized carbons (Fsp3) is 0.867. The van der Waals surface area contributed by atoms with Crippen LogP contribution in [0.4, 0.5) is 0 Å². The Hall–Kier alpha value is -0.275. The molecule has 0 radical (unpaired) electrons. The van der Waals surface area contributed by atoms with Gasteiger partial charge in [0, 0.05) is 6.32 Å². The smallest absolute Gasteiger partial charge is 0.405 e. The molecule has 0 aromatic rings. The van der Waals surface area contributed by atoms with Gasteiger partial charge in [0.15, 0.2) is 0 Å². The van der Waals surface area contributed by atoms with Crippen molar-refractivity contribution in [3.05, 3.63) is 12.7 Å². The molecule has 1 aliphatic heterocycles. The van der Waals surface area contributed by atoms with Crippen LogP contribution in [0.1, 0.15) is 51.4 Å². The van der Waals surface area contributed by atoms with Crippen LogP contribution >= 0.6 is 0 Å². The van der Waals surface area contributed by atoms with E-state index in [2.05, 4.69) is 6.58 Å². The maximum Gasteiger partial charge on any atom is 0.461 e. The van der Waals surface area contributed by atoms with Crippen LogP contribution in [0, 0.1) is 11.8 Å². The van der Waals surface area contributed by atoms with Crippen molar-refractivity contribution in [2.75, 3.05) is 0 Å². The number of allylic oxidation sites excluding steroid dienone is 1. The van der Waals surface area contributed by atoms with Gasteiger partial charge >= 0.3 is 7.12 Å². The molecule has 3 heteroatoms. The van der Waals surface area contributed by atoms with Crippen LogP contribution in [0.3, 0.4) is 0 Å². The largest absolute Gasteiger partial charge is 0.461 e. The summed E-state index contributed by atoms with van der Waals surface area (Å²) in [5.74, 6) is 1.51. The highest BCUT2D eigenvalue weighted by Gasteiger charge is 2.46. The molecular formula is C15H25BO2. The first-order valence-electron chi connectivity index (χ1n) is 7.80. The van der Waals surface area contributed by atoms with Crippen LogP contribution in [0.2, 0.25) is 6.32 Å². The van der Waals surface area contributed by atoms with Crippen molar-refractivity contribution in [1.82, 2.24) is 0 Å². The van der Waals surface area contributed by atoms with Crippen LogP contribution < -0.4 is 0 Å². The summed E-state index contributed by atoms with van der Waals surface area (Å²) in [6.07, 6.45) is 14.4. The molecule has 18 heavy (non-hydrogen) atoms. The standard InChI is InChI=1S/C15H25BO2/c1-2-11-16-17-14(12-7-3-4-8-12)15(18-16)13-9-5-6-10-13/h2,12-15H,1,3-11H2/t14-,15-/m0/s1. The predicted molar refractivity (Wildman–Crippen MR) is 74.4 cm³/mol. The fourth-order valence-electron chi connectivity index (χ4n) is 4.12. The molecule has 0 spiro atoms. The van der Waals surface area contributed by atoms with Crippen LogP contribution in [0.25, 0.3) is 0 Å². The number of hydrogen-bond acceptors (Lipinski definition) is 2. The van der Waals surface area contributed by atoms with E-state index < -0.39 is 0 Å². The Morgan fingerprint density at radius 3 is 1.72 bits per heavy atom. The zero-order valence-corrected chi connectivity index (χ0v) is 11.4. The third kappa shape index (κ3) is 2.53. The molecule has 3 aliphatic rings. The fourth-order valence-corrected chi connectivity index (χ4v) is 4.12. The first-order chi connectivity index (χ1) is 8.88. The lowest BCUT2D eigenvalue weighted by Gasteiger charge is -2.28. The molecule has 0 unspecified atom stereocenters. The van der Waals surface area contributed by atoms with Crippen LogP contribution in [0.5, 0.6) is 0 Å². The minimum absolute atomic E-state index is 0.0151. The SMILES string of the molecule is C=CCB1O[C@@H](C2CCCC2)[C@H](C2CCCC2)O1. The Labute approximate surface area is 111 Å². The zero-order chi connectivity index (χ0) is 12.4. The monoisotopic (exact) mass is 248 g/mol. The molecule has 2 aliphatic carbocycles. The quantitative estimate of drug-likeness (QED) is 0.556.